The predicted octanol–water partition coefficient (Wildman–Crippen LogP) is 0.745. The molecular weight excluding hydrogens is 248 g/mol. The molecule has 2 saturated heterocycles. The molecule has 3 rings (SSSR count). The third-order valence-electron chi connectivity index (χ3n) is 3.98. The van der Waals surface area contributed by atoms with Crippen LogP contribution in [0.2, 0.25) is 0 Å². The van der Waals surface area contributed by atoms with Gasteiger partial charge in [-0.3, -0.25) is 4.79 Å². The molecule has 2 aliphatic rings. The Morgan fingerprint density at radius 2 is 2.16 bits per heavy atom. The summed E-state index contributed by atoms with van der Waals surface area (Å²) in [6.07, 6.45) is 3.81. The summed E-state index contributed by atoms with van der Waals surface area (Å²) in [5.41, 5.74) is 0.339. The highest BCUT2D eigenvalue weighted by Crippen LogP contribution is 2.33. The van der Waals surface area contributed by atoms with Crippen LogP contribution in [-0.2, 0) is 24.4 Å². The van der Waals surface area contributed by atoms with Crippen molar-refractivity contribution in [2.24, 2.45) is 0 Å². The SMILES string of the molecule is COC(=O)C1(c2ncc(C3CCOCC3)[nH]2)COC1. The van der Waals surface area contributed by atoms with Crippen molar-refractivity contribution in [1.29, 1.82) is 0 Å². The van der Waals surface area contributed by atoms with Gasteiger partial charge in [0.05, 0.1) is 20.3 Å². The number of nitrogens with one attached hydrogen (secondary N) is 1. The monoisotopic (exact) mass is 266 g/mol. The average molecular weight is 266 g/mol. The number of methoxy groups -OCH3 is 1. The second kappa shape index (κ2) is 4.94. The van der Waals surface area contributed by atoms with Crippen LogP contribution in [0.25, 0.3) is 0 Å². The predicted molar refractivity (Wildman–Crippen MR) is 65.9 cm³/mol. The van der Waals surface area contributed by atoms with Gasteiger partial charge in [-0.15, -0.1) is 0 Å². The maximum atomic E-state index is 11.9. The van der Waals surface area contributed by atoms with Crippen LogP contribution in [-0.4, -0.2) is 49.5 Å². The molecule has 0 atom stereocenters. The summed E-state index contributed by atoms with van der Waals surface area (Å²) >= 11 is 0. The number of carbonyl (C=O) groups is 1. The highest BCUT2D eigenvalue weighted by molar-refractivity contribution is 5.83. The van der Waals surface area contributed by atoms with Crippen molar-refractivity contribution >= 4 is 5.97 Å². The van der Waals surface area contributed by atoms with E-state index in [9.17, 15) is 4.79 Å². The first-order valence-electron chi connectivity index (χ1n) is 6.55. The normalized spacial score (nSPS) is 22.8. The average Bonchev–Trinajstić information content (AvgIpc) is 2.88. The van der Waals surface area contributed by atoms with Crippen LogP contribution in [0.4, 0.5) is 0 Å². The number of nitrogens with zero attached hydrogens (tertiary/aromatic N) is 1. The van der Waals surface area contributed by atoms with Gasteiger partial charge in [0, 0.05) is 31.0 Å². The van der Waals surface area contributed by atoms with Crippen molar-refractivity contribution in [2.45, 2.75) is 24.2 Å². The minimum atomic E-state index is -0.738. The molecule has 1 N–H and O–H groups in total. The Labute approximate surface area is 111 Å². The van der Waals surface area contributed by atoms with E-state index in [1.807, 2.05) is 6.20 Å². The molecule has 3 heterocycles. The summed E-state index contributed by atoms with van der Waals surface area (Å²) in [5.74, 6) is 0.810. The van der Waals surface area contributed by atoms with Crippen LogP contribution in [0.3, 0.4) is 0 Å². The Kier molecular flexibility index (Phi) is 3.28. The number of ether oxygens (including phenoxy) is 3. The fourth-order valence-electron chi connectivity index (χ4n) is 2.65. The molecule has 0 amide bonds. The number of rotatable bonds is 3. The van der Waals surface area contributed by atoms with Gasteiger partial charge in [0.15, 0.2) is 5.41 Å². The topological polar surface area (TPSA) is 73.4 Å². The molecule has 19 heavy (non-hydrogen) atoms. The molecule has 0 spiro atoms. The molecule has 0 unspecified atom stereocenters. The van der Waals surface area contributed by atoms with E-state index in [1.165, 1.54) is 7.11 Å². The van der Waals surface area contributed by atoms with E-state index in [1.54, 1.807) is 0 Å². The van der Waals surface area contributed by atoms with Gasteiger partial charge in [-0.2, -0.15) is 0 Å². The van der Waals surface area contributed by atoms with Crippen molar-refractivity contribution in [1.82, 2.24) is 9.97 Å². The van der Waals surface area contributed by atoms with Gasteiger partial charge in [-0.1, -0.05) is 0 Å². The first-order chi connectivity index (χ1) is 9.26. The Bertz CT molecular complexity index is 461. The standard InChI is InChI=1S/C13H18N2O4/c1-17-12(16)13(7-19-8-13)11-14-6-10(15-11)9-2-4-18-5-3-9/h6,9H,2-5,7-8H2,1H3,(H,14,15). The number of hydrogen-bond acceptors (Lipinski definition) is 5. The van der Waals surface area contributed by atoms with E-state index in [0.29, 0.717) is 25.0 Å². The van der Waals surface area contributed by atoms with E-state index >= 15 is 0 Å². The van der Waals surface area contributed by atoms with Gasteiger partial charge in [-0.25, -0.2) is 4.98 Å². The van der Waals surface area contributed by atoms with Crippen molar-refractivity contribution in [3.8, 4) is 0 Å². The zero-order valence-corrected chi connectivity index (χ0v) is 11.0. The van der Waals surface area contributed by atoms with Gasteiger partial charge < -0.3 is 19.2 Å². The summed E-state index contributed by atoms with van der Waals surface area (Å²) in [5, 5.41) is 0. The maximum Gasteiger partial charge on any atom is 0.324 e. The first-order valence-corrected chi connectivity index (χ1v) is 6.55. The fourth-order valence-corrected chi connectivity index (χ4v) is 2.65. The molecule has 2 fully saturated rings. The van der Waals surface area contributed by atoms with Crippen LogP contribution >= 0.6 is 0 Å². The van der Waals surface area contributed by atoms with Crippen molar-refractivity contribution in [3.05, 3.63) is 17.7 Å². The molecule has 0 radical (unpaired) electrons. The van der Waals surface area contributed by atoms with E-state index in [-0.39, 0.29) is 5.97 Å². The quantitative estimate of drug-likeness (QED) is 0.817. The zero-order chi connectivity index (χ0) is 13.3. The van der Waals surface area contributed by atoms with Crippen LogP contribution in [0, 0.1) is 0 Å². The molecular formula is C13H18N2O4. The van der Waals surface area contributed by atoms with E-state index in [0.717, 1.165) is 31.7 Å². The second-order valence-electron chi connectivity index (χ2n) is 5.14. The van der Waals surface area contributed by atoms with Gasteiger partial charge in [-0.05, 0) is 12.8 Å². The lowest BCUT2D eigenvalue weighted by atomic mass is 9.85. The van der Waals surface area contributed by atoms with Gasteiger partial charge in [0.2, 0.25) is 0 Å². The first kappa shape index (κ1) is 12.6. The summed E-state index contributed by atoms with van der Waals surface area (Å²) in [4.78, 5) is 19.6. The third kappa shape index (κ3) is 2.04. The lowest BCUT2D eigenvalue weighted by molar-refractivity contribution is -0.167. The molecule has 104 valence electrons. The highest BCUT2D eigenvalue weighted by Gasteiger charge is 2.51. The number of carbonyl (C=O) groups excluding carboxylic acids is 1. The summed E-state index contributed by atoms with van der Waals surface area (Å²) in [6, 6.07) is 0. The molecule has 0 saturated carbocycles. The molecule has 0 aliphatic carbocycles. The largest absolute Gasteiger partial charge is 0.468 e. The number of esters is 1. The minimum absolute atomic E-state index is 0.286. The molecule has 0 bridgehead atoms. The Morgan fingerprint density at radius 3 is 2.74 bits per heavy atom. The Hall–Kier alpha value is -1.40. The van der Waals surface area contributed by atoms with Crippen LogP contribution in [0.1, 0.15) is 30.3 Å². The van der Waals surface area contributed by atoms with Crippen LogP contribution in [0.5, 0.6) is 0 Å². The third-order valence-corrected chi connectivity index (χ3v) is 3.98. The number of hydrogen-bond donors (Lipinski definition) is 1. The lowest BCUT2D eigenvalue weighted by Gasteiger charge is -2.36. The zero-order valence-electron chi connectivity index (χ0n) is 11.0. The van der Waals surface area contributed by atoms with Gasteiger partial charge in [0.1, 0.15) is 5.82 Å². The maximum absolute atomic E-state index is 11.9. The number of aromatic amines is 1. The lowest BCUT2D eigenvalue weighted by Crippen LogP contribution is -2.54. The molecule has 1 aromatic rings. The van der Waals surface area contributed by atoms with Crippen molar-refractivity contribution in [3.63, 3.8) is 0 Å². The van der Waals surface area contributed by atoms with E-state index in [4.69, 9.17) is 14.2 Å². The molecule has 0 aromatic carbocycles. The number of imidazole rings is 1. The van der Waals surface area contributed by atoms with Crippen LogP contribution < -0.4 is 0 Å². The Balaban J connectivity index is 1.82. The van der Waals surface area contributed by atoms with Gasteiger partial charge >= 0.3 is 5.97 Å². The second-order valence-corrected chi connectivity index (χ2v) is 5.14. The molecule has 6 heteroatoms. The smallest absolute Gasteiger partial charge is 0.324 e. The minimum Gasteiger partial charge on any atom is -0.468 e. The van der Waals surface area contributed by atoms with Gasteiger partial charge in [0.25, 0.3) is 0 Å². The van der Waals surface area contributed by atoms with E-state index in [2.05, 4.69) is 9.97 Å². The van der Waals surface area contributed by atoms with E-state index < -0.39 is 5.41 Å². The Morgan fingerprint density at radius 1 is 1.42 bits per heavy atom. The molecule has 2 aliphatic heterocycles. The number of H-pyrrole nitrogens is 1. The summed E-state index contributed by atoms with van der Waals surface area (Å²) in [7, 11) is 1.39. The highest BCUT2D eigenvalue weighted by atomic mass is 16.5. The summed E-state index contributed by atoms with van der Waals surface area (Å²) < 4.78 is 15.4. The van der Waals surface area contributed by atoms with Crippen molar-refractivity contribution < 1.29 is 19.0 Å². The number of aromatic nitrogens is 2. The molecule has 1 aromatic heterocycles. The van der Waals surface area contributed by atoms with Crippen molar-refractivity contribution in [2.75, 3.05) is 33.5 Å². The summed E-state index contributed by atoms with van der Waals surface area (Å²) in [6.45, 7) is 2.23. The van der Waals surface area contributed by atoms with Crippen LogP contribution in [0.15, 0.2) is 6.20 Å². The fraction of sp³-hybridized carbons (Fsp3) is 0.692. The molecule has 6 nitrogen and oxygen atoms in total.